The monoisotopic (exact) mass is 220 g/mol. The van der Waals surface area contributed by atoms with Crippen LogP contribution < -0.4 is 0 Å². The van der Waals surface area contributed by atoms with Gasteiger partial charge in [-0.3, -0.25) is 4.79 Å². The van der Waals surface area contributed by atoms with Crippen molar-refractivity contribution in [2.45, 2.75) is 0 Å². The third kappa shape index (κ3) is 1.18. The van der Waals surface area contributed by atoms with E-state index in [9.17, 15) is 4.79 Å². The van der Waals surface area contributed by atoms with Gasteiger partial charge in [-0.25, -0.2) is 4.98 Å². The van der Waals surface area contributed by atoms with Gasteiger partial charge in [-0.15, -0.1) is 11.3 Å². The molecule has 0 aliphatic heterocycles. The predicted octanol–water partition coefficient (Wildman–Crippen LogP) is 2.36. The highest BCUT2D eigenvalue weighted by Crippen LogP contribution is 2.33. The van der Waals surface area contributed by atoms with Gasteiger partial charge in [0.25, 0.3) is 0 Å². The van der Waals surface area contributed by atoms with Crippen LogP contribution in [0.25, 0.3) is 21.7 Å². The Morgan fingerprint density at radius 1 is 1.47 bits per heavy atom. The molecule has 0 spiro atoms. The Labute approximate surface area is 87.3 Å². The van der Waals surface area contributed by atoms with E-state index in [1.54, 1.807) is 12.3 Å². The highest BCUT2D eigenvalue weighted by molar-refractivity contribution is 7.20. The van der Waals surface area contributed by atoms with Gasteiger partial charge < -0.3 is 8.94 Å². The van der Waals surface area contributed by atoms with Crippen molar-refractivity contribution in [3.8, 4) is 11.5 Å². The number of hydrogen-bond acceptors (Lipinski definition) is 6. The lowest BCUT2D eigenvalue weighted by Gasteiger charge is -1.84. The minimum absolute atomic E-state index is 0.535. The SMILES string of the molecule is O=Cc1cc2onc(-c3cnco3)c2s1. The molecule has 0 fully saturated rings. The van der Waals surface area contributed by atoms with E-state index in [1.807, 2.05) is 0 Å². The summed E-state index contributed by atoms with van der Waals surface area (Å²) in [4.78, 5) is 15.0. The van der Waals surface area contributed by atoms with E-state index in [0.29, 0.717) is 21.9 Å². The molecule has 0 aliphatic carbocycles. The van der Waals surface area contributed by atoms with Crippen LogP contribution in [0.5, 0.6) is 0 Å². The molecule has 6 heteroatoms. The fraction of sp³-hybridized carbons (Fsp3) is 0. The fourth-order valence-corrected chi connectivity index (χ4v) is 2.19. The minimum Gasteiger partial charge on any atom is -0.442 e. The average Bonchev–Trinajstić information content (AvgIpc) is 2.92. The maximum absolute atomic E-state index is 10.6. The van der Waals surface area contributed by atoms with Crippen molar-refractivity contribution in [2.75, 3.05) is 0 Å². The third-order valence-corrected chi connectivity index (χ3v) is 3.00. The van der Waals surface area contributed by atoms with E-state index in [2.05, 4.69) is 10.1 Å². The first-order chi connectivity index (χ1) is 7.38. The Morgan fingerprint density at radius 2 is 2.40 bits per heavy atom. The van der Waals surface area contributed by atoms with Gasteiger partial charge in [-0.05, 0) is 0 Å². The normalized spacial score (nSPS) is 10.9. The molecule has 3 heterocycles. The molecular weight excluding hydrogens is 216 g/mol. The third-order valence-electron chi connectivity index (χ3n) is 1.95. The highest BCUT2D eigenvalue weighted by atomic mass is 32.1. The summed E-state index contributed by atoms with van der Waals surface area (Å²) in [5, 5.41) is 3.86. The van der Waals surface area contributed by atoms with Gasteiger partial charge in [0, 0.05) is 6.07 Å². The molecule has 0 unspecified atom stereocenters. The van der Waals surface area contributed by atoms with Crippen molar-refractivity contribution in [3.63, 3.8) is 0 Å². The minimum atomic E-state index is 0.535. The lowest BCUT2D eigenvalue weighted by Crippen LogP contribution is -1.71. The van der Waals surface area contributed by atoms with Crippen LogP contribution in [0, 0.1) is 0 Å². The Bertz CT molecular complexity index is 608. The number of fused-ring (bicyclic) bond motifs is 1. The van der Waals surface area contributed by atoms with E-state index >= 15 is 0 Å². The molecule has 0 atom stereocenters. The number of aldehydes is 1. The summed E-state index contributed by atoms with van der Waals surface area (Å²) >= 11 is 1.32. The van der Waals surface area contributed by atoms with Gasteiger partial charge in [0.15, 0.2) is 29.7 Å². The number of thiophene rings is 1. The average molecular weight is 220 g/mol. The molecule has 15 heavy (non-hydrogen) atoms. The van der Waals surface area contributed by atoms with E-state index in [1.165, 1.54) is 17.7 Å². The molecule has 0 bridgehead atoms. The molecule has 74 valence electrons. The first kappa shape index (κ1) is 8.37. The van der Waals surface area contributed by atoms with Gasteiger partial charge in [0.05, 0.1) is 11.1 Å². The van der Waals surface area contributed by atoms with Crippen molar-refractivity contribution < 1.29 is 13.7 Å². The Kier molecular flexibility index (Phi) is 1.69. The standard InChI is InChI=1S/C9H4N2O3S/c12-3-5-1-6-9(15-5)8(11-14-6)7-2-10-4-13-7/h1-4H. The lowest BCUT2D eigenvalue weighted by molar-refractivity contribution is 0.112. The van der Waals surface area contributed by atoms with Crippen molar-refractivity contribution >= 4 is 27.9 Å². The lowest BCUT2D eigenvalue weighted by atomic mass is 10.3. The Hall–Kier alpha value is -1.95. The summed E-state index contributed by atoms with van der Waals surface area (Å²) in [5.74, 6) is 0.535. The first-order valence-corrected chi connectivity index (χ1v) is 4.93. The second-order valence-electron chi connectivity index (χ2n) is 2.86. The smallest absolute Gasteiger partial charge is 0.181 e. The van der Waals surface area contributed by atoms with E-state index < -0.39 is 0 Å². The zero-order valence-electron chi connectivity index (χ0n) is 7.34. The number of oxazole rings is 1. The summed E-state index contributed by atoms with van der Waals surface area (Å²) in [6, 6.07) is 1.65. The summed E-state index contributed by atoms with van der Waals surface area (Å²) < 4.78 is 11.0. The van der Waals surface area contributed by atoms with Crippen molar-refractivity contribution in [3.05, 3.63) is 23.5 Å². The van der Waals surface area contributed by atoms with Crippen molar-refractivity contribution in [1.82, 2.24) is 10.1 Å². The zero-order chi connectivity index (χ0) is 10.3. The van der Waals surface area contributed by atoms with Crippen LogP contribution in [-0.2, 0) is 0 Å². The van der Waals surface area contributed by atoms with Crippen LogP contribution >= 0.6 is 11.3 Å². The summed E-state index contributed by atoms with van der Waals surface area (Å²) in [6.07, 6.45) is 3.66. The quantitative estimate of drug-likeness (QED) is 0.620. The molecule has 0 N–H and O–H groups in total. The van der Waals surface area contributed by atoms with Crippen LogP contribution in [-0.4, -0.2) is 16.4 Å². The van der Waals surface area contributed by atoms with Crippen LogP contribution in [0.3, 0.4) is 0 Å². The number of hydrogen-bond donors (Lipinski definition) is 0. The molecule has 5 nitrogen and oxygen atoms in total. The summed E-state index contributed by atoms with van der Waals surface area (Å²) in [7, 11) is 0. The summed E-state index contributed by atoms with van der Waals surface area (Å²) in [5.41, 5.74) is 1.18. The van der Waals surface area contributed by atoms with Crippen molar-refractivity contribution in [2.24, 2.45) is 0 Å². The number of carbonyl (C=O) groups is 1. The molecular formula is C9H4N2O3S. The van der Waals surface area contributed by atoms with Crippen LogP contribution in [0.2, 0.25) is 0 Å². The number of nitrogens with zero attached hydrogens (tertiary/aromatic N) is 2. The summed E-state index contributed by atoms with van der Waals surface area (Å²) in [6.45, 7) is 0. The maximum Gasteiger partial charge on any atom is 0.181 e. The second-order valence-corrected chi connectivity index (χ2v) is 3.94. The van der Waals surface area contributed by atoms with E-state index in [4.69, 9.17) is 8.94 Å². The van der Waals surface area contributed by atoms with E-state index in [-0.39, 0.29) is 0 Å². The van der Waals surface area contributed by atoms with Gasteiger partial charge in [0.2, 0.25) is 0 Å². The first-order valence-electron chi connectivity index (χ1n) is 4.12. The number of rotatable bonds is 2. The second kappa shape index (κ2) is 3.03. The fourth-order valence-electron chi connectivity index (χ4n) is 1.31. The number of carbonyl (C=O) groups excluding carboxylic acids is 1. The predicted molar refractivity (Wildman–Crippen MR) is 52.8 cm³/mol. The number of aromatic nitrogens is 2. The van der Waals surface area contributed by atoms with Crippen LogP contribution in [0.15, 0.2) is 27.6 Å². The van der Waals surface area contributed by atoms with Crippen LogP contribution in [0.4, 0.5) is 0 Å². The topological polar surface area (TPSA) is 69.1 Å². The van der Waals surface area contributed by atoms with Crippen LogP contribution in [0.1, 0.15) is 9.67 Å². The molecule has 0 aliphatic rings. The molecule has 0 radical (unpaired) electrons. The molecule has 0 amide bonds. The highest BCUT2D eigenvalue weighted by Gasteiger charge is 2.16. The van der Waals surface area contributed by atoms with Gasteiger partial charge in [-0.1, -0.05) is 5.16 Å². The maximum atomic E-state index is 10.6. The molecule has 0 saturated heterocycles. The van der Waals surface area contributed by atoms with Crippen molar-refractivity contribution in [1.29, 1.82) is 0 Å². The Morgan fingerprint density at radius 3 is 3.13 bits per heavy atom. The van der Waals surface area contributed by atoms with E-state index in [0.717, 1.165) is 11.0 Å². The largest absolute Gasteiger partial charge is 0.442 e. The molecule has 3 aromatic rings. The zero-order valence-corrected chi connectivity index (χ0v) is 8.15. The molecule has 3 rings (SSSR count). The Balaban J connectivity index is 2.27. The molecule has 3 aromatic heterocycles. The molecule has 0 saturated carbocycles. The van der Waals surface area contributed by atoms with Gasteiger partial charge in [-0.2, -0.15) is 0 Å². The molecule has 0 aromatic carbocycles. The van der Waals surface area contributed by atoms with Gasteiger partial charge in [0.1, 0.15) is 4.70 Å². The van der Waals surface area contributed by atoms with Gasteiger partial charge >= 0.3 is 0 Å².